The third-order valence-corrected chi connectivity index (χ3v) is 6.58. The Morgan fingerprint density at radius 3 is 2.70 bits per heavy atom. The molecule has 172 valence electrons. The van der Waals surface area contributed by atoms with Crippen molar-refractivity contribution in [3.8, 4) is 11.1 Å². The molecule has 3 aromatic rings. The molecule has 2 saturated heterocycles. The molecule has 5 N–H and O–H groups in total. The first-order valence-corrected chi connectivity index (χ1v) is 11.5. The van der Waals surface area contributed by atoms with Gasteiger partial charge in [-0.15, -0.1) is 0 Å². The van der Waals surface area contributed by atoms with Crippen molar-refractivity contribution in [2.75, 3.05) is 38.0 Å². The maximum absolute atomic E-state index is 12.9. The molecule has 2 aliphatic heterocycles. The van der Waals surface area contributed by atoms with E-state index in [-0.39, 0.29) is 18.2 Å². The Morgan fingerprint density at radius 1 is 1.15 bits per heavy atom. The molecular formula is C25H30N6O2. The molecule has 2 aliphatic rings. The molecule has 1 aromatic carbocycles. The van der Waals surface area contributed by atoms with Crippen LogP contribution >= 0.6 is 0 Å². The normalized spacial score (nSPS) is 18.7. The van der Waals surface area contributed by atoms with E-state index in [1.54, 1.807) is 11.6 Å². The molecule has 1 unspecified atom stereocenters. The fourth-order valence-corrected chi connectivity index (χ4v) is 4.58. The monoisotopic (exact) mass is 446 g/mol. The van der Waals surface area contributed by atoms with Crippen molar-refractivity contribution < 1.29 is 5.11 Å². The van der Waals surface area contributed by atoms with Gasteiger partial charge in [0.25, 0.3) is 5.56 Å². The lowest BCUT2D eigenvalue weighted by Crippen LogP contribution is -2.43. The third-order valence-electron chi connectivity index (χ3n) is 6.58. The molecule has 2 fully saturated rings. The van der Waals surface area contributed by atoms with Crippen LogP contribution in [0, 0.1) is 0 Å². The van der Waals surface area contributed by atoms with Crippen LogP contribution in [0.15, 0.2) is 53.6 Å². The first-order valence-electron chi connectivity index (χ1n) is 11.5. The van der Waals surface area contributed by atoms with Crippen molar-refractivity contribution in [2.24, 2.45) is 7.05 Å². The number of aryl methyl sites for hydroxylation is 1. The second-order valence-corrected chi connectivity index (χ2v) is 8.76. The standard InChI is InChI=1S/C25H30N6O2/c1-31-14-17(19-3-2-4-20(21(19)15-32)23-13-26-7-8-28-23)9-22(25(31)33)30-24-6-5-16(12-29-24)18-10-27-11-18/h2-6,9,12,14,18,23,26-28,32H,7-8,10-11,13,15H2,1H3,(H,29,30). The number of hydrogen-bond donors (Lipinski definition) is 5. The second kappa shape index (κ2) is 9.44. The molecule has 0 radical (unpaired) electrons. The fraction of sp³-hybridized carbons (Fsp3) is 0.360. The minimum Gasteiger partial charge on any atom is -0.392 e. The van der Waals surface area contributed by atoms with Crippen LogP contribution in [0.25, 0.3) is 11.1 Å². The molecule has 1 atom stereocenters. The highest BCUT2D eigenvalue weighted by Gasteiger charge is 2.21. The number of aliphatic hydroxyl groups excluding tert-OH is 1. The summed E-state index contributed by atoms with van der Waals surface area (Å²) in [5.41, 5.74) is 5.26. The van der Waals surface area contributed by atoms with Gasteiger partial charge in [0.15, 0.2) is 0 Å². The number of hydrogen-bond acceptors (Lipinski definition) is 7. The van der Waals surface area contributed by atoms with E-state index in [2.05, 4.69) is 38.4 Å². The summed E-state index contributed by atoms with van der Waals surface area (Å²) in [6.07, 6.45) is 3.69. The van der Waals surface area contributed by atoms with Crippen molar-refractivity contribution >= 4 is 11.5 Å². The van der Waals surface area contributed by atoms with Crippen LogP contribution in [0.3, 0.4) is 0 Å². The van der Waals surface area contributed by atoms with Crippen molar-refractivity contribution in [2.45, 2.75) is 18.6 Å². The molecule has 0 amide bonds. The van der Waals surface area contributed by atoms with Gasteiger partial charge in [-0.05, 0) is 34.4 Å². The first-order chi connectivity index (χ1) is 16.1. The lowest BCUT2D eigenvalue weighted by Gasteiger charge is -2.27. The number of aliphatic hydroxyl groups is 1. The minimum atomic E-state index is -0.132. The average Bonchev–Trinajstić information content (AvgIpc) is 2.82. The van der Waals surface area contributed by atoms with E-state index < -0.39 is 0 Å². The molecule has 4 heterocycles. The highest BCUT2D eigenvalue weighted by molar-refractivity contribution is 5.72. The summed E-state index contributed by atoms with van der Waals surface area (Å²) < 4.78 is 1.57. The summed E-state index contributed by atoms with van der Waals surface area (Å²) in [7, 11) is 1.74. The Labute approximate surface area is 193 Å². The Kier molecular flexibility index (Phi) is 6.24. The predicted octanol–water partition coefficient (Wildman–Crippen LogP) is 1.60. The van der Waals surface area contributed by atoms with E-state index in [0.717, 1.165) is 55.0 Å². The summed E-state index contributed by atoms with van der Waals surface area (Å²) in [4.78, 5) is 17.4. The fourth-order valence-electron chi connectivity index (χ4n) is 4.58. The van der Waals surface area contributed by atoms with Gasteiger partial charge in [-0.2, -0.15) is 0 Å². The van der Waals surface area contributed by atoms with Gasteiger partial charge in [0.05, 0.1) is 6.61 Å². The molecule has 8 heteroatoms. The van der Waals surface area contributed by atoms with E-state index in [0.29, 0.717) is 17.4 Å². The van der Waals surface area contributed by atoms with Crippen LogP contribution in [-0.4, -0.2) is 47.4 Å². The summed E-state index contributed by atoms with van der Waals surface area (Å²) >= 11 is 0. The van der Waals surface area contributed by atoms with Crippen LogP contribution in [0.4, 0.5) is 11.5 Å². The van der Waals surface area contributed by atoms with E-state index in [1.165, 1.54) is 5.56 Å². The van der Waals surface area contributed by atoms with Crippen molar-refractivity contribution in [1.29, 1.82) is 0 Å². The lowest BCUT2D eigenvalue weighted by molar-refractivity contribution is 0.279. The summed E-state index contributed by atoms with van der Waals surface area (Å²) in [5, 5.41) is 23.7. The van der Waals surface area contributed by atoms with Crippen LogP contribution in [0.1, 0.15) is 28.7 Å². The van der Waals surface area contributed by atoms with E-state index >= 15 is 0 Å². The molecule has 2 aromatic heterocycles. The van der Waals surface area contributed by atoms with Gasteiger partial charge in [-0.3, -0.25) is 4.79 Å². The number of piperazine rings is 1. The number of anilines is 2. The van der Waals surface area contributed by atoms with Gasteiger partial charge in [0.2, 0.25) is 0 Å². The van der Waals surface area contributed by atoms with E-state index in [4.69, 9.17) is 0 Å². The maximum Gasteiger partial charge on any atom is 0.274 e. The molecule has 33 heavy (non-hydrogen) atoms. The quantitative estimate of drug-likeness (QED) is 0.392. The number of benzene rings is 1. The smallest absolute Gasteiger partial charge is 0.274 e. The van der Waals surface area contributed by atoms with Crippen LogP contribution < -0.4 is 26.8 Å². The molecular weight excluding hydrogens is 416 g/mol. The molecule has 0 spiro atoms. The SMILES string of the molecule is Cn1cc(-c2cccc(C3CNCCN3)c2CO)cc(Nc2ccc(C3CNC3)cn2)c1=O. The minimum absolute atomic E-state index is 0.0751. The van der Waals surface area contributed by atoms with E-state index in [9.17, 15) is 9.90 Å². The molecule has 0 aliphatic carbocycles. The van der Waals surface area contributed by atoms with Crippen LogP contribution in [0.5, 0.6) is 0 Å². The Bertz CT molecular complexity index is 1180. The van der Waals surface area contributed by atoms with Gasteiger partial charge in [-0.1, -0.05) is 24.3 Å². The van der Waals surface area contributed by atoms with Crippen molar-refractivity contribution in [3.05, 3.63) is 75.8 Å². The summed E-state index contributed by atoms with van der Waals surface area (Å²) in [6, 6.07) is 12.0. The predicted molar refractivity (Wildman–Crippen MR) is 130 cm³/mol. The van der Waals surface area contributed by atoms with E-state index in [1.807, 2.05) is 36.7 Å². The summed E-state index contributed by atoms with van der Waals surface area (Å²) in [6.45, 7) is 4.53. The molecule has 0 bridgehead atoms. The number of aromatic nitrogens is 2. The highest BCUT2D eigenvalue weighted by atomic mass is 16.3. The van der Waals surface area contributed by atoms with Crippen molar-refractivity contribution in [1.82, 2.24) is 25.5 Å². The number of pyridine rings is 2. The van der Waals surface area contributed by atoms with Gasteiger partial charge in [0, 0.05) is 69.7 Å². The largest absolute Gasteiger partial charge is 0.392 e. The zero-order valence-electron chi connectivity index (χ0n) is 18.8. The average molecular weight is 447 g/mol. The molecule has 5 rings (SSSR count). The number of nitrogens with one attached hydrogen (secondary N) is 4. The Morgan fingerprint density at radius 2 is 2.03 bits per heavy atom. The van der Waals surface area contributed by atoms with Crippen LogP contribution in [-0.2, 0) is 13.7 Å². The van der Waals surface area contributed by atoms with Crippen LogP contribution in [0.2, 0.25) is 0 Å². The maximum atomic E-state index is 12.9. The lowest BCUT2D eigenvalue weighted by atomic mass is 9.92. The van der Waals surface area contributed by atoms with Gasteiger partial charge < -0.3 is 30.9 Å². The number of nitrogens with zero attached hydrogens (tertiary/aromatic N) is 2. The molecule has 8 nitrogen and oxygen atoms in total. The topological polar surface area (TPSA) is 103 Å². The van der Waals surface area contributed by atoms with Gasteiger partial charge in [0.1, 0.15) is 11.5 Å². The zero-order valence-corrected chi connectivity index (χ0v) is 18.8. The van der Waals surface area contributed by atoms with Gasteiger partial charge >= 0.3 is 0 Å². The van der Waals surface area contributed by atoms with Gasteiger partial charge in [-0.25, -0.2) is 4.98 Å². The Balaban J connectivity index is 1.48. The van der Waals surface area contributed by atoms with Crippen molar-refractivity contribution in [3.63, 3.8) is 0 Å². The highest BCUT2D eigenvalue weighted by Crippen LogP contribution is 2.31. The second-order valence-electron chi connectivity index (χ2n) is 8.76. The first kappa shape index (κ1) is 21.8. The molecule has 0 saturated carbocycles. The Hall–Kier alpha value is -3.04. The summed E-state index contributed by atoms with van der Waals surface area (Å²) in [5.74, 6) is 1.15. The third kappa shape index (κ3) is 4.43. The number of rotatable bonds is 6. The zero-order chi connectivity index (χ0) is 22.8.